The van der Waals surface area contributed by atoms with Crippen LogP contribution < -0.4 is 5.32 Å². The molecule has 98 valence electrons. The fourth-order valence-electron chi connectivity index (χ4n) is 3.59. The van der Waals surface area contributed by atoms with Gasteiger partial charge in [-0.3, -0.25) is 0 Å². The van der Waals surface area contributed by atoms with Crippen LogP contribution in [0.3, 0.4) is 0 Å². The molecule has 1 aromatic carbocycles. The average Bonchev–Trinajstić information content (AvgIpc) is 2.41. The number of nitrogens with one attached hydrogen (secondary N) is 1. The fourth-order valence-corrected chi connectivity index (χ4v) is 3.59. The van der Waals surface area contributed by atoms with Crippen LogP contribution in [-0.4, -0.2) is 12.6 Å². The van der Waals surface area contributed by atoms with Crippen molar-refractivity contribution < 1.29 is 0 Å². The average molecular weight is 243 g/mol. The molecule has 2 atom stereocenters. The summed E-state index contributed by atoms with van der Waals surface area (Å²) in [6, 6.07) is 7.97. The Balaban J connectivity index is 1.74. The van der Waals surface area contributed by atoms with E-state index in [2.05, 4.69) is 30.4 Å². The highest BCUT2D eigenvalue weighted by Gasteiger charge is 2.18. The Morgan fingerprint density at radius 1 is 1.17 bits per heavy atom. The Labute approximate surface area is 111 Å². The topological polar surface area (TPSA) is 12.0 Å². The highest BCUT2D eigenvalue weighted by Crippen LogP contribution is 2.32. The summed E-state index contributed by atoms with van der Waals surface area (Å²) in [6.07, 6.45) is 9.38. The summed E-state index contributed by atoms with van der Waals surface area (Å²) < 4.78 is 0. The van der Waals surface area contributed by atoms with Crippen molar-refractivity contribution in [2.75, 3.05) is 6.54 Å². The molecule has 1 nitrogen and oxygen atoms in total. The van der Waals surface area contributed by atoms with E-state index in [1.165, 1.54) is 51.5 Å². The predicted molar refractivity (Wildman–Crippen MR) is 77.1 cm³/mol. The van der Waals surface area contributed by atoms with Crippen LogP contribution in [-0.2, 0) is 12.8 Å². The second kappa shape index (κ2) is 5.44. The molecule has 0 bridgehead atoms. The van der Waals surface area contributed by atoms with E-state index in [-0.39, 0.29) is 0 Å². The van der Waals surface area contributed by atoms with Crippen molar-refractivity contribution in [2.24, 2.45) is 0 Å². The number of fused-ring (bicyclic) bond motifs is 1. The summed E-state index contributed by atoms with van der Waals surface area (Å²) in [7, 11) is 0. The Bertz CT molecular complexity index is 404. The highest BCUT2D eigenvalue weighted by atomic mass is 14.9. The van der Waals surface area contributed by atoms with Gasteiger partial charge in [-0.2, -0.15) is 0 Å². The van der Waals surface area contributed by atoms with E-state index in [9.17, 15) is 0 Å². The lowest BCUT2D eigenvalue weighted by molar-refractivity contribution is 0.399. The third-order valence-electron chi connectivity index (χ3n) is 4.72. The van der Waals surface area contributed by atoms with E-state index in [0.29, 0.717) is 0 Å². The van der Waals surface area contributed by atoms with Gasteiger partial charge in [0.15, 0.2) is 0 Å². The fraction of sp³-hybridized carbons (Fsp3) is 0.647. The van der Waals surface area contributed by atoms with Gasteiger partial charge >= 0.3 is 0 Å². The third-order valence-corrected chi connectivity index (χ3v) is 4.72. The van der Waals surface area contributed by atoms with E-state index in [0.717, 1.165) is 12.0 Å². The zero-order valence-electron chi connectivity index (χ0n) is 11.5. The van der Waals surface area contributed by atoms with Crippen LogP contribution in [0.5, 0.6) is 0 Å². The van der Waals surface area contributed by atoms with Crippen molar-refractivity contribution in [1.29, 1.82) is 0 Å². The maximum absolute atomic E-state index is 3.66. The minimum atomic E-state index is 0.718. The molecule has 2 unspecified atom stereocenters. The standard InChI is InChI=1S/C17H25N/c1-13-5-4-6-15-9-8-14(12-17(13)15)11-16-7-2-3-10-18-16/h8-9,12-13,16,18H,2-7,10-11H2,1H3. The number of hydrogen-bond donors (Lipinski definition) is 1. The first-order valence-corrected chi connectivity index (χ1v) is 7.68. The quantitative estimate of drug-likeness (QED) is 0.833. The van der Waals surface area contributed by atoms with Gasteiger partial charge in [-0.1, -0.05) is 31.5 Å². The molecule has 0 amide bonds. The van der Waals surface area contributed by atoms with Crippen LogP contribution in [0.2, 0.25) is 0 Å². The molecule has 1 heterocycles. The van der Waals surface area contributed by atoms with Crippen LogP contribution in [0.15, 0.2) is 18.2 Å². The normalized spacial score (nSPS) is 27.8. The first kappa shape index (κ1) is 12.2. The lowest BCUT2D eigenvalue weighted by Crippen LogP contribution is -2.35. The highest BCUT2D eigenvalue weighted by molar-refractivity contribution is 5.36. The van der Waals surface area contributed by atoms with Gasteiger partial charge in [0, 0.05) is 6.04 Å². The Morgan fingerprint density at radius 2 is 2.11 bits per heavy atom. The molecule has 1 saturated heterocycles. The molecule has 3 rings (SSSR count). The molecule has 1 aliphatic carbocycles. The summed E-state index contributed by atoms with van der Waals surface area (Å²) in [4.78, 5) is 0. The summed E-state index contributed by atoms with van der Waals surface area (Å²) in [5, 5.41) is 3.66. The number of aryl methyl sites for hydroxylation is 1. The molecule has 1 fully saturated rings. The van der Waals surface area contributed by atoms with Crippen molar-refractivity contribution >= 4 is 0 Å². The minimum absolute atomic E-state index is 0.718. The maximum atomic E-state index is 3.66. The zero-order chi connectivity index (χ0) is 12.4. The predicted octanol–water partition coefficient (Wildman–Crippen LogP) is 3.81. The number of rotatable bonds is 2. The molecule has 1 N–H and O–H groups in total. The molecule has 18 heavy (non-hydrogen) atoms. The van der Waals surface area contributed by atoms with Crippen LogP contribution in [0.4, 0.5) is 0 Å². The van der Waals surface area contributed by atoms with Gasteiger partial charge in [-0.05, 0) is 67.7 Å². The van der Waals surface area contributed by atoms with Crippen LogP contribution in [0.25, 0.3) is 0 Å². The summed E-state index contributed by atoms with van der Waals surface area (Å²) >= 11 is 0. The second-order valence-corrected chi connectivity index (χ2v) is 6.18. The number of benzene rings is 1. The molecular formula is C17H25N. The lowest BCUT2D eigenvalue weighted by atomic mass is 9.82. The number of piperidine rings is 1. The third kappa shape index (κ3) is 2.61. The van der Waals surface area contributed by atoms with Gasteiger partial charge < -0.3 is 5.32 Å². The molecule has 1 aliphatic heterocycles. The van der Waals surface area contributed by atoms with E-state index >= 15 is 0 Å². The van der Waals surface area contributed by atoms with E-state index in [1.54, 1.807) is 16.7 Å². The Kier molecular flexibility index (Phi) is 3.69. The summed E-state index contributed by atoms with van der Waals surface area (Å²) in [6.45, 7) is 3.60. The molecule has 0 saturated carbocycles. The second-order valence-electron chi connectivity index (χ2n) is 6.18. The van der Waals surface area contributed by atoms with Gasteiger partial charge in [0.05, 0.1) is 0 Å². The molecule has 0 radical (unpaired) electrons. The van der Waals surface area contributed by atoms with Crippen LogP contribution in [0, 0.1) is 0 Å². The van der Waals surface area contributed by atoms with Crippen molar-refractivity contribution in [2.45, 2.75) is 63.8 Å². The smallest absolute Gasteiger partial charge is 0.0107 e. The van der Waals surface area contributed by atoms with E-state index in [4.69, 9.17) is 0 Å². The Morgan fingerprint density at radius 3 is 2.94 bits per heavy atom. The maximum Gasteiger partial charge on any atom is 0.0107 e. The largest absolute Gasteiger partial charge is 0.314 e. The molecule has 1 heteroatoms. The van der Waals surface area contributed by atoms with Crippen molar-refractivity contribution in [1.82, 2.24) is 5.32 Å². The monoisotopic (exact) mass is 243 g/mol. The van der Waals surface area contributed by atoms with Gasteiger partial charge in [0.1, 0.15) is 0 Å². The Hall–Kier alpha value is -0.820. The number of hydrogen-bond acceptors (Lipinski definition) is 1. The molecule has 0 spiro atoms. The first-order chi connectivity index (χ1) is 8.83. The molecule has 1 aromatic rings. The van der Waals surface area contributed by atoms with E-state index in [1.807, 2.05) is 0 Å². The van der Waals surface area contributed by atoms with Crippen LogP contribution >= 0.6 is 0 Å². The van der Waals surface area contributed by atoms with Crippen LogP contribution in [0.1, 0.15) is 61.6 Å². The first-order valence-electron chi connectivity index (χ1n) is 7.68. The van der Waals surface area contributed by atoms with Gasteiger partial charge in [-0.15, -0.1) is 0 Å². The van der Waals surface area contributed by atoms with Crippen molar-refractivity contribution in [3.63, 3.8) is 0 Å². The SMILES string of the molecule is CC1CCCc2ccc(CC3CCCCN3)cc21. The molecule has 0 aromatic heterocycles. The van der Waals surface area contributed by atoms with E-state index < -0.39 is 0 Å². The van der Waals surface area contributed by atoms with Gasteiger partial charge in [0.25, 0.3) is 0 Å². The van der Waals surface area contributed by atoms with Crippen molar-refractivity contribution in [3.05, 3.63) is 34.9 Å². The lowest BCUT2D eigenvalue weighted by Gasteiger charge is -2.26. The van der Waals surface area contributed by atoms with Gasteiger partial charge in [0.2, 0.25) is 0 Å². The van der Waals surface area contributed by atoms with Crippen molar-refractivity contribution in [3.8, 4) is 0 Å². The zero-order valence-corrected chi connectivity index (χ0v) is 11.5. The molecular weight excluding hydrogens is 218 g/mol. The summed E-state index contributed by atoms with van der Waals surface area (Å²) in [5.74, 6) is 0.771. The molecule has 2 aliphatic rings. The summed E-state index contributed by atoms with van der Waals surface area (Å²) in [5.41, 5.74) is 4.78. The van der Waals surface area contributed by atoms with Gasteiger partial charge in [-0.25, -0.2) is 0 Å². The minimum Gasteiger partial charge on any atom is -0.314 e.